The Morgan fingerprint density at radius 2 is 1.85 bits per heavy atom. The van der Waals surface area contributed by atoms with E-state index in [-0.39, 0.29) is 5.75 Å². The molecule has 0 atom stereocenters. The SMILES string of the molecule is COc1cc2nc(-c3ccc(Oc4cn(COCC[Si](C)(C)C)cn4)cc3)cc(Cl)c2cc1F. The number of ether oxygens (including phenoxy) is 3. The van der Waals surface area contributed by atoms with E-state index in [4.69, 9.17) is 25.8 Å². The lowest BCUT2D eigenvalue weighted by Gasteiger charge is -2.15. The minimum atomic E-state index is -1.10. The quantitative estimate of drug-likeness (QED) is 0.183. The average molecular weight is 500 g/mol. The van der Waals surface area contributed by atoms with E-state index in [0.717, 1.165) is 18.2 Å². The highest BCUT2D eigenvalue weighted by molar-refractivity contribution is 6.76. The van der Waals surface area contributed by atoms with Crippen LogP contribution in [-0.2, 0) is 11.5 Å². The predicted molar refractivity (Wildman–Crippen MR) is 135 cm³/mol. The molecular formula is C25H27ClFN3O3Si. The van der Waals surface area contributed by atoms with Crippen molar-refractivity contribution in [2.24, 2.45) is 0 Å². The number of fused-ring (bicyclic) bond motifs is 1. The third kappa shape index (κ3) is 5.94. The van der Waals surface area contributed by atoms with Crippen LogP contribution >= 0.6 is 11.6 Å². The summed E-state index contributed by atoms with van der Waals surface area (Å²) in [5, 5.41) is 0.947. The number of halogens is 2. The van der Waals surface area contributed by atoms with E-state index in [2.05, 4.69) is 29.6 Å². The molecule has 0 saturated carbocycles. The maximum absolute atomic E-state index is 14.0. The third-order valence-electron chi connectivity index (χ3n) is 5.25. The molecule has 2 aromatic carbocycles. The van der Waals surface area contributed by atoms with Gasteiger partial charge in [-0.2, -0.15) is 0 Å². The van der Waals surface area contributed by atoms with Crippen LogP contribution in [0.15, 0.2) is 55.0 Å². The van der Waals surface area contributed by atoms with Crippen molar-refractivity contribution in [1.29, 1.82) is 0 Å². The van der Waals surface area contributed by atoms with Crippen molar-refractivity contribution >= 4 is 30.6 Å². The van der Waals surface area contributed by atoms with Gasteiger partial charge in [-0.1, -0.05) is 31.2 Å². The zero-order valence-electron chi connectivity index (χ0n) is 19.6. The molecular weight excluding hydrogens is 473 g/mol. The van der Waals surface area contributed by atoms with Gasteiger partial charge in [-0.3, -0.25) is 0 Å². The highest BCUT2D eigenvalue weighted by atomic mass is 35.5. The van der Waals surface area contributed by atoms with Crippen LogP contribution in [-0.4, -0.2) is 36.3 Å². The van der Waals surface area contributed by atoms with Crippen molar-refractivity contribution in [3.05, 3.63) is 65.8 Å². The fourth-order valence-electron chi connectivity index (χ4n) is 3.32. The molecule has 0 unspecified atom stereocenters. The van der Waals surface area contributed by atoms with Crippen LogP contribution in [0.3, 0.4) is 0 Å². The van der Waals surface area contributed by atoms with Gasteiger partial charge in [-0.05, 0) is 42.4 Å². The monoisotopic (exact) mass is 499 g/mol. The predicted octanol–water partition coefficient (Wildman–Crippen LogP) is 7.00. The van der Waals surface area contributed by atoms with Gasteiger partial charge >= 0.3 is 0 Å². The van der Waals surface area contributed by atoms with Crippen LogP contribution < -0.4 is 9.47 Å². The third-order valence-corrected chi connectivity index (χ3v) is 7.27. The molecule has 6 nitrogen and oxygen atoms in total. The summed E-state index contributed by atoms with van der Waals surface area (Å²) in [6, 6.07) is 13.2. The molecule has 0 spiro atoms. The fraction of sp³-hybridized carbons (Fsp3) is 0.280. The lowest BCUT2D eigenvalue weighted by atomic mass is 10.1. The topological polar surface area (TPSA) is 58.4 Å². The molecule has 34 heavy (non-hydrogen) atoms. The van der Waals surface area contributed by atoms with Gasteiger partial charge in [-0.25, -0.2) is 14.4 Å². The number of aromatic nitrogens is 3. The van der Waals surface area contributed by atoms with Crippen LogP contribution in [0.5, 0.6) is 17.4 Å². The molecule has 9 heteroatoms. The van der Waals surface area contributed by atoms with Crippen LogP contribution in [0.25, 0.3) is 22.2 Å². The maximum Gasteiger partial charge on any atom is 0.237 e. The molecule has 0 N–H and O–H groups in total. The molecule has 0 aliphatic carbocycles. The fourth-order valence-corrected chi connectivity index (χ4v) is 4.33. The maximum atomic E-state index is 14.0. The highest BCUT2D eigenvalue weighted by Crippen LogP contribution is 2.32. The van der Waals surface area contributed by atoms with Gasteiger partial charge in [0.05, 0.1) is 29.5 Å². The van der Waals surface area contributed by atoms with Gasteiger partial charge in [0.25, 0.3) is 0 Å². The second kappa shape index (κ2) is 10.1. The molecule has 2 heterocycles. The highest BCUT2D eigenvalue weighted by Gasteiger charge is 2.13. The first-order valence-electron chi connectivity index (χ1n) is 10.9. The van der Waals surface area contributed by atoms with E-state index in [1.54, 1.807) is 24.7 Å². The number of hydrogen-bond acceptors (Lipinski definition) is 5. The summed E-state index contributed by atoms with van der Waals surface area (Å²) >= 11 is 6.40. The minimum absolute atomic E-state index is 0.123. The summed E-state index contributed by atoms with van der Waals surface area (Å²) in [4.78, 5) is 8.91. The van der Waals surface area contributed by atoms with Crippen molar-refractivity contribution in [2.45, 2.75) is 32.4 Å². The second-order valence-corrected chi connectivity index (χ2v) is 15.2. The summed E-state index contributed by atoms with van der Waals surface area (Å²) < 4.78 is 32.6. The van der Waals surface area contributed by atoms with Gasteiger partial charge < -0.3 is 18.8 Å². The smallest absolute Gasteiger partial charge is 0.237 e. The molecule has 0 bridgehead atoms. The van der Waals surface area contributed by atoms with Crippen LogP contribution in [0.4, 0.5) is 4.39 Å². The van der Waals surface area contributed by atoms with Crippen LogP contribution in [0.1, 0.15) is 0 Å². The molecule has 4 aromatic rings. The molecule has 0 radical (unpaired) electrons. The first-order chi connectivity index (χ1) is 16.2. The first kappa shape index (κ1) is 24.2. The normalized spacial score (nSPS) is 11.7. The molecule has 2 aromatic heterocycles. The summed E-state index contributed by atoms with van der Waals surface area (Å²) in [7, 11) is 0.315. The van der Waals surface area contributed by atoms with E-state index in [1.165, 1.54) is 13.2 Å². The number of imidazole rings is 1. The van der Waals surface area contributed by atoms with Crippen molar-refractivity contribution < 1.29 is 18.6 Å². The Morgan fingerprint density at radius 1 is 1.09 bits per heavy atom. The van der Waals surface area contributed by atoms with E-state index < -0.39 is 13.9 Å². The molecule has 0 fully saturated rings. The van der Waals surface area contributed by atoms with Gasteiger partial charge in [0.15, 0.2) is 11.6 Å². The van der Waals surface area contributed by atoms with Gasteiger partial charge in [0, 0.05) is 31.7 Å². The summed E-state index contributed by atoms with van der Waals surface area (Å²) in [6.45, 7) is 8.18. The van der Waals surface area contributed by atoms with Crippen LogP contribution in [0, 0.1) is 5.82 Å². The van der Waals surface area contributed by atoms with Crippen molar-refractivity contribution in [2.75, 3.05) is 13.7 Å². The Labute approximate surface area is 204 Å². The summed E-state index contributed by atoms with van der Waals surface area (Å²) in [5.41, 5.74) is 2.07. The average Bonchev–Trinajstić information content (AvgIpc) is 3.24. The number of pyridine rings is 1. The Bertz CT molecular complexity index is 1290. The van der Waals surface area contributed by atoms with Crippen molar-refractivity contribution in [3.63, 3.8) is 0 Å². The largest absolute Gasteiger partial charge is 0.494 e. The number of benzene rings is 2. The molecule has 0 aliphatic rings. The Balaban J connectivity index is 1.43. The Morgan fingerprint density at radius 3 is 2.56 bits per heavy atom. The molecule has 4 rings (SSSR count). The lowest BCUT2D eigenvalue weighted by Crippen LogP contribution is -2.21. The van der Waals surface area contributed by atoms with Gasteiger partial charge in [0.2, 0.25) is 5.88 Å². The first-order valence-corrected chi connectivity index (χ1v) is 15.0. The standard InChI is InChI=1S/C25H27ClFN3O3Si/c1-31-24-13-23-19(11-21(24)27)20(26)12-22(29-23)17-5-7-18(8-6-17)33-25-14-30(15-28-25)16-32-9-10-34(2,3)4/h5-8,11-15H,9-10,16H2,1-4H3. The number of hydrogen-bond donors (Lipinski definition) is 0. The van der Waals surface area contributed by atoms with Crippen molar-refractivity contribution in [1.82, 2.24) is 14.5 Å². The number of methoxy groups -OCH3 is 1. The van der Waals surface area contributed by atoms with Gasteiger partial charge in [-0.15, -0.1) is 0 Å². The minimum Gasteiger partial charge on any atom is -0.494 e. The van der Waals surface area contributed by atoms with E-state index in [1.807, 2.05) is 28.8 Å². The second-order valence-electron chi connectivity index (χ2n) is 9.19. The van der Waals surface area contributed by atoms with E-state index >= 15 is 0 Å². The zero-order chi connectivity index (χ0) is 24.3. The Kier molecular flexibility index (Phi) is 7.21. The zero-order valence-corrected chi connectivity index (χ0v) is 21.4. The summed E-state index contributed by atoms with van der Waals surface area (Å²) in [5.74, 6) is 0.776. The van der Waals surface area contributed by atoms with Gasteiger partial charge in [0.1, 0.15) is 18.8 Å². The van der Waals surface area contributed by atoms with E-state index in [9.17, 15) is 4.39 Å². The van der Waals surface area contributed by atoms with Crippen molar-refractivity contribution in [3.8, 4) is 28.6 Å². The molecule has 0 aliphatic heterocycles. The molecule has 0 saturated heterocycles. The van der Waals surface area contributed by atoms with Crippen LogP contribution in [0.2, 0.25) is 30.7 Å². The molecule has 178 valence electrons. The Hall–Kier alpha value is -2.94. The lowest BCUT2D eigenvalue weighted by molar-refractivity contribution is 0.0870. The molecule has 0 amide bonds. The number of nitrogens with zero attached hydrogens (tertiary/aromatic N) is 3. The number of rotatable bonds is 9. The van der Waals surface area contributed by atoms with E-state index in [0.29, 0.717) is 40.0 Å². The summed E-state index contributed by atoms with van der Waals surface area (Å²) in [6.07, 6.45) is 3.50.